The molecule has 1 aromatic heterocycles. The molecule has 1 heterocycles. The number of alkyl halides is 6. The van der Waals surface area contributed by atoms with Gasteiger partial charge in [-0.15, -0.1) is 5.10 Å². The number of nitrogens with one attached hydrogen (secondary N) is 1. The number of carbonyl (C=O) groups is 1. The van der Waals surface area contributed by atoms with Crippen molar-refractivity contribution in [3.05, 3.63) is 99.7 Å². The fraction of sp³-hybridized carbons (Fsp3) is 0.0870. The van der Waals surface area contributed by atoms with Crippen LogP contribution in [0, 0.1) is 10.1 Å². The summed E-state index contributed by atoms with van der Waals surface area (Å²) in [5.74, 6) is -1.13. The quantitative estimate of drug-likeness (QED) is 0.193. The lowest BCUT2D eigenvalue weighted by atomic mass is 10.1. The SMILES string of the molecule is O=C(Nc1cc(C(F)(F)F)cc(C(F)(F)F)c1)c1nnn(-c2ccc([N+](=O)[O-])cc2)c1-c1ccccc1. The van der Waals surface area contributed by atoms with Gasteiger partial charge in [0.25, 0.3) is 11.6 Å². The average Bonchev–Trinajstić information content (AvgIpc) is 3.29. The van der Waals surface area contributed by atoms with E-state index in [2.05, 4.69) is 10.3 Å². The monoisotopic (exact) mass is 521 g/mol. The zero-order valence-corrected chi connectivity index (χ0v) is 18.2. The predicted molar refractivity (Wildman–Crippen MR) is 118 cm³/mol. The number of rotatable bonds is 5. The van der Waals surface area contributed by atoms with Gasteiger partial charge >= 0.3 is 12.4 Å². The van der Waals surface area contributed by atoms with Crippen molar-refractivity contribution < 1.29 is 36.1 Å². The Kier molecular flexibility index (Phi) is 6.42. The molecule has 0 unspecified atom stereocenters. The van der Waals surface area contributed by atoms with Gasteiger partial charge in [-0.1, -0.05) is 35.5 Å². The van der Waals surface area contributed by atoms with Gasteiger partial charge in [-0.25, -0.2) is 4.68 Å². The van der Waals surface area contributed by atoms with Gasteiger partial charge in [0, 0.05) is 23.4 Å². The fourth-order valence-electron chi connectivity index (χ4n) is 3.40. The lowest BCUT2D eigenvalue weighted by Gasteiger charge is -2.15. The standard InChI is InChI=1S/C23H13F6N5O3/c24-22(25,26)14-10-15(23(27,28)29)12-16(11-14)30-21(35)19-20(13-4-2-1-3-5-13)33(32-31-19)17-6-8-18(9-7-17)34(36)37/h1-12H,(H,30,35). The van der Waals surface area contributed by atoms with Gasteiger partial charge in [-0.05, 0) is 30.3 Å². The Balaban J connectivity index is 1.79. The molecule has 4 aromatic rings. The maximum atomic E-state index is 13.2. The summed E-state index contributed by atoms with van der Waals surface area (Å²) in [6.45, 7) is 0. The molecule has 0 spiro atoms. The van der Waals surface area contributed by atoms with Crippen LogP contribution in [0.4, 0.5) is 37.7 Å². The van der Waals surface area contributed by atoms with Crippen molar-refractivity contribution in [2.45, 2.75) is 12.4 Å². The molecule has 0 fully saturated rings. The van der Waals surface area contributed by atoms with Crippen LogP contribution in [0.5, 0.6) is 0 Å². The van der Waals surface area contributed by atoms with Crippen molar-refractivity contribution in [2.24, 2.45) is 0 Å². The summed E-state index contributed by atoms with van der Waals surface area (Å²) in [5, 5.41) is 20.7. The molecule has 4 rings (SSSR count). The van der Waals surface area contributed by atoms with E-state index >= 15 is 0 Å². The van der Waals surface area contributed by atoms with Crippen LogP contribution in [-0.2, 0) is 12.4 Å². The second kappa shape index (κ2) is 9.37. The van der Waals surface area contributed by atoms with Gasteiger partial charge in [-0.3, -0.25) is 14.9 Å². The first-order valence-corrected chi connectivity index (χ1v) is 10.2. The molecule has 0 bridgehead atoms. The number of hydrogen-bond donors (Lipinski definition) is 1. The second-order valence-electron chi connectivity index (χ2n) is 7.59. The van der Waals surface area contributed by atoms with Gasteiger partial charge in [0.1, 0.15) is 5.69 Å². The Morgan fingerprint density at radius 2 is 1.43 bits per heavy atom. The number of anilines is 1. The van der Waals surface area contributed by atoms with Crippen molar-refractivity contribution in [3.63, 3.8) is 0 Å². The normalized spacial score (nSPS) is 11.8. The molecule has 0 saturated carbocycles. The average molecular weight is 521 g/mol. The minimum absolute atomic E-state index is 0.0509. The van der Waals surface area contributed by atoms with Gasteiger partial charge < -0.3 is 5.32 Å². The highest BCUT2D eigenvalue weighted by Gasteiger charge is 2.37. The highest BCUT2D eigenvalue weighted by molar-refractivity contribution is 6.06. The van der Waals surface area contributed by atoms with E-state index < -0.39 is 45.7 Å². The molecule has 0 aliphatic heterocycles. The number of amides is 1. The summed E-state index contributed by atoms with van der Waals surface area (Å²) >= 11 is 0. The zero-order valence-electron chi connectivity index (χ0n) is 18.2. The van der Waals surface area contributed by atoms with Crippen LogP contribution < -0.4 is 5.32 Å². The smallest absolute Gasteiger partial charge is 0.320 e. The first-order valence-electron chi connectivity index (χ1n) is 10.2. The lowest BCUT2D eigenvalue weighted by molar-refractivity contribution is -0.384. The van der Waals surface area contributed by atoms with E-state index in [9.17, 15) is 41.3 Å². The highest BCUT2D eigenvalue weighted by Crippen LogP contribution is 2.38. The first kappa shape index (κ1) is 25.3. The summed E-state index contributed by atoms with van der Waals surface area (Å²) in [5.41, 5.74) is -3.88. The van der Waals surface area contributed by atoms with E-state index in [1.807, 2.05) is 5.32 Å². The summed E-state index contributed by atoms with van der Waals surface area (Å²) in [4.78, 5) is 23.4. The van der Waals surface area contributed by atoms with Gasteiger partial charge in [0.2, 0.25) is 0 Å². The van der Waals surface area contributed by atoms with Crippen LogP contribution in [-0.4, -0.2) is 25.8 Å². The van der Waals surface area contributed by atoms with E-state index in [1.165, 1.54) is 28.9 Å². The number of nitro groups is 1. The number of hydrogen-bond acceptors (Lipinski definition) is 5. The Hall–Kier alpha value is -4.75. The number of nitrogens with zero attached hydrogens (tertiary/aromatic N) is 4. The van der Waals surface area contributed by atoms with Crippen LogP contribution >= 0.6 is 0 Å². The van der Waals surface area contributed by atoms with Crippen molar-refractivity contribution >= 4 is 17.3 Å². The van der Waals surface area contributed by atoms with Gasteiger partial charge in [0.05, 0.1) is 21.7 Å². The van der Waals surface area contributed by atoms with Gasteiger partial charge in [-0.2, -0.15) is 26.3 Å². The number of halogens is 6. The summed E-state index contributed by atoms with van der Waals surface area (Å²) < 4.78 is 80.4. The number of aromatic nitrogens is 3. The van der Waals surface area contributed by atoms with Crippen LogP contribution in [0.25, 0.3) is 16.9 Å². The molecular weight excluding hydrogens is 508 g/mol. The summed E-state index contributed by atoms with van der Waals surface area (Å²) in [6.07, 6.45) is -10.2. The molecule has 14 heteroatoms. The highest BCUT2D eigenvalue weighted by atomic mass is 19.4. The summed E-state index contributed by atoms with van der Waals surface area (Å²) in [6, 6.07) is 13.8. The molecule has 1 amide bonds. The zero-order chi connectivity index (χ0) is 27.0. The third kappa shape index (κ3) is 5.42. The molecule has 37 heavy (non-hydrogen) atoms. The molecule has 0 aliphatic rings. The largest absolute Gasteiger partial charge is 0.416 e. The van der Waals surface area contributed by atoms with Crippen molar-refractivity contribution in [1.82, 2.24) is 15.0 Å². The number of benzene rings is 3. The molecular formula is C23H13F6N5O3. The third-order valence-corrected chi connectivity index (χ3v) is 5.08. The van der Waals surface area contributed by atoms with E-state index in [0.717, 1.165) is 0 Å². The molecule has 8 nitrogen and oxygen atoms in total. The molecule has 190 valence electrons. The number of non-ortho nitro benzene ring substituents is 1. The molecule has 0 saturated heterocycles. The Morgan fingerprint density at radius 3 is 1.95 bits per heavy atom. The number of carbonyl (C=O) groups excluding carboxylic acids is 1. The Bertz CT molecular complexity index is 1430. The van der Waals surface area contributed by atoms with Crippen molar-refractivity contribution in [1.29, 1.82) is 0 Å². The molecule has 0 radical (unpaired) electrons. The minimum Gasteiger partial charge on any atom is -0.320 e. The lowest BCUT2D eigenvalue weighted by Crippen LogP contribution is -2.17. The van der Waals surface area contributed by atoms with Crippen LogP contribution in [0.3, 0.4) is 0 Å². The van der Waals surface area contributed by atoms with Crippen molar-refractivity contribution in [2.75, 3.05) is 5.32 Å². The van der Waals surface area contributed by atoms with Crippen molar-refractivity contribution in [3.8, 4) is 16.9 Å². The maximum absolute atomic E-state index is 13.2. The second-order valence-corrected chi connectivity index (χ2v) is 7.59. The fourth-order valence-corrected chi connectivity index (χ4v) is 3.40. The number of nitro benzene ring substituents is 1. The van der Waals surface area contributed by atoms with E-state index in [1.54, 1.807) is 30.3 Å². The first-order chi connectivity index (χ1) is 17.3. The third-order valence-electron chi connectivity index (χ3n) is 5.08. The van der Waals surface area contributed by atoms with E-state index in [4.69, 9.17) is 0 Å². The minimum atomic E-state index is -5.10. The molecule has 0 atom stereocenters. The van der Waals surface area contributed by atoms with Gasteiger partial charge in [0.15, 0.2) is 5.69 Å². The predicted octanol–water partition coefficient (Wildman–Crippen LogP) is 6.13. The summed E-state index contributed by atoms with van der Waals surface area (Å²) in [7, 11) is 0. The Morgan fingerprint density at radius 1 is 0.865 bits per heavy atom. The van der Waals surface area contributed by atoms with Crippen LogP contribution in [0.1, 0.15) is 21.6 Å². The molecule has 0 aliphatic carbocycles. The Labute approximate surface area is 203 Å². The van der Waals surface area contributed by atoms with Crippen LogP contribution in [0.15, 0.2) is 72.8 Å². The van der Waals surface area contributed by atoms with Crippen LogP contribution in [0.2, 0.25) is 0 Å². The van der Waals surface area contributed by atoms with E-state index in [0.29, 0.717) is 17.7 Å². The molecule has 3 aromatic carbocycles. The molecule has 1 N–H and O–H groups in total. The topological polar surface area (TPSA) is 103 Å². The van der Waals surface area contributed by atoms with E-state index in [-0.39, 0.29) is 23.1 Å². The maximum Gasteiger partial charge on any atom is 0.416 e.